The number of aromatic nitrogens is 1. The lowest BCUT2D eigenvalue weighted by molar-refractivity contribution is 0.0373. The molecular weight excluding hydrogens is 218 g/mol. The van der Waals surface area contributed by atoms with Crippen molar-refractivity contribution in [2.75, 3.05) is 0 Å². The van der Waals surface area contributed by atoms with Gasteiger partial charge in [-0.05, 0) is 26.0 Å². The monoisotopic (exact) mass is 231 g/mol. The van der Waals surface area contributed by atoms with Crippen LogP contribution in [0.5, 0.6) is 5.75 Å². The van der Waals surface area contributed by atoms with Gasteiger partial charge >= 0.3 is 5.97 Å². The highest BCUT2D eigenvalue weighted by molar-refractivity contribution is 6.04. The molecule has 0 bridgehead atoms. The summed E-state index contributed by atoms with van der Waals surface area (Å²) in [5.41, 5.74) is 0.229. The molecule has 0 aliphatic carbocycles. The largest absolute Gasteiger partial charge is 0.507 e. The number of ether oxygens (including phenoxy) is 1. The van der Waals surface area contributed by atoms with Crippen molar-refractivity contribution in [3.8, 4) is 5.75 Å². The lowest BCUT2D eigenvalue weighted by Gasteiger charge is -2.09. The van der Waals surface area contributed by atoms with Gasteiger partial charge in [-0.3, -0.25) is 0 Å². The Kier molecular flexibility index (Phi) is 2.95. The molecule has 0 fully saturated rings. The van der Waals surface area contributed by atoms with E-state index in [1.165, 1.54) is 6.20 Å². The Balaban J connectivity index is 2.55. The number of esters is 1. The van der Waals surface area contributed by atoms with Crippen LogP contribution in [0, 0.1) is 0 Å². The summed E-state index contributed by atoms with van der Waals surface area (Å²) >= 11 is 0. The Morgan fingerprint density at radius 2 is 2.06 bits per heavy atom. The number of hydrogen-bond acceptors (Lipinski definition) is 4. The van der Waals surface area contributed by atoms with Crippen molar-refractivity contribution in [3.05, 3.63) is 36.2 Å². The van der Waals surface area contributed by atoms with Crippen molar-refractivity contribution in [2.45, 2.75) is 20.0 Å². The predicted octanol–water partition coefficient (Wildman–Crippen LogP) is 2.51. The van der Waals surface area contributed by atoms with Gasteiger partial charge in [0.05, 0.1) is 6.10 Å². The minimum absolute atomic E-state index is 0.128. The normalized spacial score (nSPS) is 10.8. The number of aromatic hydroxyl groups is 1. The summed E-state index contributed by atoms with van der Waals surface area (Å²) < 4.78 is 5.10. The van der Waals surface area contributed by atoms with Gasteiger partial charge in [0.2, 0.25) is 0 Å². The molecule has 2 aromatic rings. The molecule has 0 radical (unpaired) electrons. The smallest absolute Gasteiger partial charge is 0.357 e. The molecule has 1 heterocycles. The number of rotatable bonds is 2. The number of carbonyl (C=O) groups is 1. The van der Waals surface area contributed by atoms with Gasteiger partial charge in [0.25, 0.3) is 0 Å². The van der Waals surface area contributed by atoms with Crippen LogP contribution in [0.2, 0.25) is 0 Å². The maximum absolute atomic E-state index is 11.8. The van der Waals surface area contributed by atoms with E-state index in [1.807, 2.05) is 0 Å². The van der Waals surface area contributed by atoms with Gasteiger partial charge in [-0.1, -0.05) is 12.1 Å². The molecule has 4 nitrogen and oxygen atoms in total. The Hall–Kier alpha value is -2.10. The lowest BCUT2D eigenvalue weighted by Crippen LogP contribution is -2.13. The van der Waals surface area contributed by atoms with E-state index in [4.69, 9.17) is 4.74 Å². The number of fused-ring (bicyclic) bond motifs is 1. The predicted molar refractivity (Wildman–Crippen MR) is 64.0 cm³/mol. The first kappa shape index (κ1) is 11.4. The molecule has 4 heteroatoms. The third-order valence-electron chi connectivity index (χ3n) is 2.32. The second kappa shape index (κ2) is 4.41. The van der Waals surface area contributed by atoms with Gasteiger partial charge in [0, 0.05) is 17.0 Å². The highest BCUT2D eigenvalue weighted by Gasteiger charge is 2.15. The summed E-state index contributed by atoms with van der Waals surface area (Å²) in [6.45, 7) is 3.56. The molecule has 0 aliphatic rings. The maximum Gasteiger partial charge on any atom is 0.357 e. The molecule has 88 valence electrons. The quantitative estimate of drug-likeness (QED) is 0.807. The molecule has 0 amide bonds. The van der Waals surface area contributed by atoms with Crippen LogP contribution < -0.4 is 0 Å². The molecule has 1 aromatic carbocycles. The number of carbonyl (C=O) groups excluding carboxylic acids is 1. The molecule has 0 saturated heterocycles. The van der Waals surface area contributed by atoms with Gasteiger partial charge in [-0.2, -0.15) is 0 Å². The van der Waals surface area contributed by atoms with Crippen LogP contribution in [0.4, 0.5) is 0 Å². The van der Waals surface area contributed by atoms with Crippen LogP contribution in [-0.2, 0) is 4.74 Å². The standard InChI is InChI=1S/C13H13NO3/c1-8(2)17-13(16)12-10-4-3-5-11(15)9(10)6-7-14-12/h3-8,15H,1-2H3. The van der Waals surface area contributed by atoms with E-state index in [2.05, 4.69) is 4.98 Å². The number of pyridine rings is 1. The highest BCUT2D eigenvalue weighted by Crippen LogP contribution is 2.25. The SMILES string of the molecule is CC(C)OC(=O)c1nccc2c(O)cccc12. The van der Waals surface area contributed by atoms with Crippen molar-refractivity contribution >= 4 is 16.7 Å². The Bertz CT molecular complexity index is 564. The van der Waals surface area contributed by atoms with Gasteiger partial charge in [-0.15, -0.1) is 0 Å². The Morgan fingerprint density at radius 3 is 2.76 bits per heavy atom. The van der Waals surface area contributed by atoms with E-state index in [0.717, 1.165) is 0 Å². The molecule has 17 heavy (non-hydrogen) atoms. The molecule has 1 aromatic heterocycles. The Morgan fingerprint density at radius 1 is 1.29 bits per heavy atom. The zero-order valence-electron chi connectivity index (χ0n) is 9.68. The first-order valence-corrected chi connectivity index (χ1v) is 5.37. The third kappa shape index (κ3) is 2.20. The van der Waals surface area contributed by atoms with Gasteiger partial charge < -0.3 is 9.84 Å². The molecule has 1 N–H and O–H groups in total. The lowest BCUT2D eigenvalue weighted by atomic mass is 10.1. The van der Waals surface area contributed by atoms with Crippen LogP contribution in [0.25, 0.3) is 10.8 Å². The highest BCUT2D eigenvalue weighted by atomic mass is 16.5. The molecule has 0 saturated carbocycles. The number of benzene rings is 1. The van der Waals surface area contributed by atoms with Crippen molar-refractivity contribution < 1.29 is 14.6 Å². The summed E-state index contributed by atoms with van der Waals surface area (Å²) in [5, 5.41) is 10.9. The fourth-order valence-corrected chi connectivity index (χ4v) is 1.62. The first-order chi connectivity index (χ1) is 8.09. The number of nitrogens with zero attached hydrogens (tertiary/aromatic N) is 1. The van der Waals surface area contributed by atoms with Crippen LogP contribution in [-0.4, -0.2) is 22.2 Å². The van der Waals surface area contributed by atoms with E-state index >= 15 is 0 Å². The average molecular weight is 231 g/mol. The fraction of sp³-hybridized carbons (Fsp3) is 0.231. The summed E-state index contributed by atoms with van der Waals surface area (Å²) in [5.74, 6) is -0.348. The Labute approximate surface area is 98.9 Å². The minimum Gasteiger partial charge on any atom is -0.507 e. The zero-order valence-corrected chi connectivity index (χ0v) is 9.68. The number of phenols is 1. The second-order valence-electron chi connectivity index (χ2n) is 3.99. The molecule has 0 spiro atoms. The molecule has 0 atom stereocenters. The minimum atomic E-state index is -0.476. The van der Waals surface area contributed by atoms with Crippen molar-refractivity contribution in [1.29, 1.82) is 0 Å². The van der Waals surface area contributed by atoms with Gasteiger partial charge in [0.15, 0.2) is 5.69 Å². The summed E-state index contributed by atoms with van der Waals surface area (Å²) in [6, 6.07) is 6.64. The van der Waals surface area contributed by atoms with Crippen LogP contribution in [0.1, 0.15) is 24.3 Å². The molecule has 2 rings (SSSR count). The van der Waals surface area contributed by atoms with E-state index in [0.29, 0.717) is 10.8 Å². The summed E-state index contributed by atoms with van der Waals surface area (Å²) in [7, 11) is 0. The van der Waals surface area contributed by atoms with Crippen molar-refractivity contribution in [2.24, 2.45) is 0 Å². The topological polar surface area (TPSA) is 59.4 Å². The van der Waals surface area contributed by atoms with Gasteiger partial charge in [-0.25, -0.2) is 9.78 Å². The fourth-order valence-electron chi connectivity index (χ4n) is 1.62. The van der Waals surface area contributed by atoms with Crippen LogP contribution in [0.3, 0.4) is 0 Å². The van der Waals surface area contributed by atoms with Crippen molar-refractivity contribution in [3.63, 3.8) is 0 Å². The van der Waals surface area contributed by atoms with Crippen molar-refractivity contribution in [1.82, 2.24) is 4.98 Å². The van der Waals surface area contributed by atoms with E-state index in [-0.39, 0.29) is 17.5 Å². The van der Waals surface area contributed by atoms with E-state index < -0.39 is 5.97 Å². The summed E-state index contributed by atoms with van der Waals surface area (Å²) in [6.07, 6.45) is 1.29. The van der Waals surface area contributed by atoms with E-state index in [1.54, 1.807) is 38.1 Å². The summed E-state index contributed by atoms with van der Waals surface area (Å²) in [4.78, 5) is 15.8. The molecule has 0 unspecified atom stereocenters. The van der Waals surface area contributed by atoms with E-state index in [9.17, 15) is 9.90 Å². The molecule has 0 aliphatic heterocycles. The number of hydrogen-bond donors (Lipinski definition) is 1. The second-order valence-corrected chi connectivity index (χ2v) is 3.99. The third-order valence-corrected chi connectivity index (χ3v) is 2.32. The van der Waals surface area contributed by atoms with Crippen LogP contribution in [0.15, 0.2) is 30.5 Å². The maximum atomic E-state index is 11.8. The van der Waals surface area contributed by atoms with Gasteiger partial charge in [0.1, 0.15) is 5.75 Å². The number of phenolic OH excluding ortho intramolecular Hbond substituents is 1. The first-order valence-electron chi connectivity index (χ1n) is 5.37. The van der Waals surface area contributed by atoms with Crippen LogP contribution >= 0.6 is 0 Å². The molecular formula is C13H13NO3. The zero-order chi connectivity index (χ0) is 12.4. The average Bonchev–Trinajstić information content (AvgIpc) is 2.28.